The van der Waals surface area contributed by atoms with Gasteiger partial charge in [0.15, 0.2) is 0 Å². The maximum absolute atomic E-state index is 5.05. The molecule has 1 aromatic rings. The van der Waals surface area contributed by atoms with Crippen LogP contribution in [0.2, 0.25) is 0 Å². The Morgan fingerprint density at radius 1 is 1.82 bits per heavy atom. The molecule has 1 fully saturated rings. The Hall–Kier alpha value is -0.620. The van der Waals surface area contributed by atoms with Crippen LogP contribution in [0, 0.1) is 0 Å². The van der Waals surface area contributed by atoms with Crippen molar-refractivity contribution in [3.05, 3.63) is 0 Å². The van der Waals surface area contributed by atoms with Crippen LogP contribution in [-0.4, -0.2) is 38.7 Å². The van der Waals surface area contributed by atoms with Crippen molar-refractivity contribution in [3.8, 4) is 0 Å². The van der Waals surface area contributed by atoms with E-state index in [4.69, 9.17) is 4.74 Å². The number of rotatable bonds is 3. The van der Waals surface area contributed by atoms with Crippen LogP contribution in [0.4, 0.5) is 0 Å². The molecule has 0 bridgehead atoms. The second kappa shape index (κ2) is 2.78. The van der Waals surface area contributed by atoms with Crippen LogP contribution in [0.25, 0.3) is 0 Å². The molecule has 0 aliphatic carbocycles. The van der Waals surface area contributed by atoms with E-state index in [9.17, 15) is 0 Å². The average Bonchev–Trinajstić information content (AvgIpc) is 2.73. The molecule has 0 N–H and O–H groups in total. The minimum Gasteiger partial charge on any atom is -0.372 e. The Bertz CT molecular complexity index is 246. The van der Waals surface area contributed by atoms with Crippen LogP contribution in [0.1, 0.15) is 0 Å². The van der Waals surface area contributed by atoms with Crippen LogP contribution in [0.5, 0.6) is 0 Å². The van der Waals surface area contributed by atoms with Gasteiger partial charge in [0.05, 0.1) is 12.7 Å². The normalized spacial score (nSPS) is 22.1. The lowest BCUT2D eigenvalue weighted by Gasteiger charge is -1.93. The summed E-state index contributed by atoms with van der Waals surface area (Å²) in [6, 6.07) is 0. The molecule has 1 aromatic heterocycles. The minimum atomic E-state index is 0.427. The summed E-state index contributed by atoms with van der Waals surface area (Å²) in [5, 5.41) is 11.9. The monoisotopic (exact) mass is 172 g/mol. The number of nitrogens with zero attached hydrogens (tertiary/aromatic N) is 4. The zero-order chi connectivity index (χ0) is 7.68. The number of aromatic nitrogens is 4. The molecule has 1 aliphatic rings. The molecular weight excluding hydrogens is 164 g/mol. The summed E-state index contributed by atoms with van der Waals surface area (Å²) >= 11 is 1.63. The van der Waals surface area contributed by atoms with Gasteiger partial charge in [-0.1, -0.05) is 11.8 Å². The molecule has 0 saturated carbocycles. The number of aryl methyl sites for hydroxylation is 1. The molecule has 0 radical (unpaired) electrons. The smallest absolute Gasteiger partial charge is 0.209 e. The predicted octanol–water partition coefficient (Wildman–Crippen LogP) is -0.299. The molecular formula is C5H8N4OS. The Balaban J connectivity index is 1.89. The molecule has 0 amide bonds. The molecule has 1 saturated heterocycles. The van der Waals surface area contributed by atoms with Gasteiger partial charge in [0.2, 0.25) is 5.16 Å². The predicted molar refractivity (Wildman–Crippen MR) is 39.3 cm³/mol. The van der Waals surface area contributed by atoms with E-state index in [0.29, 0.717) is 6.10 Å². The largest absolute Gasteiger partial charge is 0.372 e. The van der Waals surface area contributed by atoms with E-state index in [1.165, 1.54) is 0 Å². The number of epoxide rings is 1. The Kier molecular flexibility index (Phi) is 1.79. The van der Waals surface area contributed by atoms with Gasteiger partial charge in [-0.05, 0) is 10.4 Å². The van der Waals surface area contributed by atoms with Crippen molar-refractivity contribution in [1.82, 2.24) is 20.2 Å². The molecule has 60 valence electrons. The van der Waals surface area contributed by atoms with Crippen molar-refractivity contribution >= 4 is 11.8 Å². The van der Waals surface area contributed by atoms with Gasteiger partial charge >= 0.3 is 0 Å². The van der Waals surface area contributed by atoms with Crippen molar-refractivity contribution in [3.63, 3.8) is 0 Å². The Morgan fingerprint density at radius 3 is 3.18 bits per heavy atom. The van der Waals surface area contributed by atoms with Crippen molar-refractivity contribution in [2.24, 2.45) is 7.05 Å². The topological polar surface area (TPSA) is 56.1 Å². The van der Waals surface area contributed by atoms with Gasteiger partial charge in [0.1, 0.15) is 0 Å². The van der Waals surface area contributed by atoms with Gasteiger partial charge in [-0.3, -0.25) is 0 Å². The molecule has 2 heterocycles. The zero-order valence-corrected chi connectivity index (χ0v) is 6.91. The maximum atomic E-state index is 5.05. The second-order valence-corrected chi connectivity index (χ2v) is 3.34. The van der Waals surface area contributed by atoms with E-state index >= 15 is 0 Å². The van der Waals surface area contributed by atoms with Gasteiger partial charge in [-0.15, -0.1) is 5.10 Å². The van der Waals surface area contributed by atoms with Crippen LogP contribution >= 0.6 is 11.8 Å². The lowest BCUT2D eigenvalue weighted by atomic mass is 10.6. The highest BCUT2D eigenvalue weighted by atomic mass is 32.2. The maximum Gasteiger partial charge on any atom is 0.209 e. The number of thioether (sulfide) groups is 1. The van der Waals surface area contributed by atoms with E-state index in [-0.39, 0.29) is 0 Å². The summed E-state index contributed by atoms with van der Waals surface area (Å²) in [5.74, 6) is 0.953. The Labute approximate surface area is 68.1 Å². The minimum absolute atomic E-state index is 0.427. The fourth-order valence-corrected chi connectivity index (χ4v) is 1.52. The average molecular weight is 172 g/mol. The molecule has 5 nitrogen and oxygen atoms in total. The molecule has 1 aliphatic heterocycles. The van der Waals surface area contributed by atoms with Crippen LogP contribution in [0.3, 0.4) is 0 Å². The fourth-order valence-electron chi connectivity index (χ4n) is 0.675. The number of hydrogen-bond acceptors (Lipinski definition) is 5. The number of hydrogen-bond donors (Lipinski definition) is 0. The third kappa shape index (κ3) is 1.69. The third-order valence-corrected chi connectivity index (χ3v) is 2.52. The van der Waals surface area contributed by atoms with E-state index in [1.54, 1.807) is 16.4 Å². The van der Waals surface area contributed by atoms with Crippen LogP contribution < -0.4 is 0 Å². The molecule has 0 spiro atoms. The van der Waals surface area contributed by atoms with E-state index in [2.05, 4.69) is 15.5 Å². The van der Waals surface area contributed by atoms with Gasteiger partial charge in [-0.25, -0.2) is 4.68 Å². The summed E-state index contributed by atoms with van der Waals surface area (Å²) in [5.41, 5.74) is 0. The van der Waals surface area contributed by atoms with Crippen molar-refractivity contribution in [1.29, 1.82) is 0 Å². The van der Waals surface area contributed by atoms with E-state index in [0.717, 1.165) is 17.5 Å². The van der Waals surface area contributed by atoms with Crippen LogP contribution in [-0.2, 0) is 11.8 Å². The van der Waals surface area contributed by atoms with E-state index < -0.39 is 0 Å². The first-order valence-corrected chi connectivity index (χ1v) is 4.31. The fraction of sp³-hybridized carbons (Fsp3) is 0.800. The van der Waals surface area contributed by atoms with Crippen molar-refractivity contribution < 1.29 is 4.74 Å². The molecule has 0 aromatic carbocycles. The Morgan fingerprint density at radius 2 is 2.64 bits per heavy atom. The summed E-state index contributed by atoms with van der Waals surface area (Å²) in [7, 11) is 1.83. The third-order valence-electron chi connectivity index (χ3n) is 1.38. The number of tetrazole rings is 1. The van der Waals surface area contributed by atoms with Gasteiger partial charge < -0.3 is 4.74 Å². The van der Waals surface area contributed by atoms with Gasteiger partial charge in [-0.2, -0.15) is 0 Å². The summed E-state index contributed by atoms with van der Waals surface area (Å²) in [6.07, 6.45) is 0.427. The summed E-state index contributed by atoms with van der Waals surface area (Å²) < 4.78 is 6.71. The zero-order valence-electron chi connectivity index (χ0n) is 6.10. The van der Waals surface area contributed by atoms with Crippen molar-refractivity contribution in [2.45, 2.75) is 11.3 Å². The lowest BCUT2D eigenvalue weighted by Crippen LogP contribution is -1.96. The van der Waals surface area contributed by atoms with Gasteiger partial charge in [0.25, 0.3) is 0 Å². The molecule has 11 heavy (non-hydrogen) atoms. The highest BCUT2D eigenvalue weighted by molar-refractivity contribution is 7.99. The second-order valence-electron chi connectivity index (χ2n) is 2.35. The first-order valence-electron chi connectivity index (χ1n) is 3.33. The summed E-state index contributed by atoms with van der Waals surface area (Å²) in [4.78, 5) is 0. The lowest BCUT2D eigenvalue weighted by molar-refractivity contribution is 0.426. The standard InChI is InChI=1S/C5H8N4OS/c1-9-5(6-7-8-9)11-3-4-2-10-4/h4H,2-3H2,1H3. The number of ether oxygens (including phenoxy) is 1. The SMILES string of the molecule is Cn1nnnc1SCC1CO1. The van der Waals surface area contributed by atoms with Crippen LogP contribution in [0.15, 0.2) is 5.16 Å². The molecule has 2 rings (SSSR count). The highest BCUT2D eigenvalue weighted by Gasteiger charge is 2.23. The first kappa shape index (κ1) is 7.05. The first-order chi connectivity index (χ1) is 5.36. The van der Waals surface area contributed by atoms with Gasteiger partial charge in [0, 0.05) is 12.8 Å². The highest BCUT2D eigenvalue weighted by Crippen LogP contribution is 2.20. The molecule has 1 unspecified atom stereocenters. The van der Waals surface area contributed by atoms with E-state index in [1.807, 2.05) is 7.05 Å². The molecule has 1 atom stereocenters. The summed E-state index contributed by atoms with van der Waals surface area (Å²) in [6.45, 7) is 0.887. The van der Waals surface area contributed by atoms with Crippen molar-refractivity contribution in [2.75, 3.05) is 12.4 Å². The molecule has 6 heteroatoms. The quantitative estimate of drug-likeness (QED) is 0.463.